The smallest absolute Gasteiger partial charge is 0.145 e. The van der Waals surface area contributed by atoms with E-state index in [0.717, 1.165) is 24.8 Å². The number of ether oxygens (including phenoxy) is 1. The number of Topliss-reactive ketones (excluding diaryl/α,β-unsaturated/α-hetero) is 1. The van der Waals surface area contributed by atoms with Crippen LogP contribution in [-0.2, 0) is 9.53 Å². The Bertz CT molecular complexity index is 477. The van der Waals surface area contributed by atoms with Gasteiger partial charge in [0, 0.05) is 18.9 Å². The van der Waals surface area contributed by atoms with E-state index in [1.54, 1.807) is 7.11 Å². The lowest BCUT2D eigenvalue weighted by atomic mass is 9.76. The van der Waals surface area contributed by atoms with E-state index in [1.807, 2.05) is 13.8 Å². The number of carbonyl (C=O) groups is 1. The second-order valence-corrected chi connectivity index (χ2v) is 8.23. The molecule has 0 aromatic rings. The largest absolute Gasteiger partial charge is 0.395 e. The number of ketones is 1. The molecule has 0 amide bonds. The fraction of sp³-hybridized carbons (Fsp3) is 0.762. The molecular weight excluding hydrogens is 300 g/mol. The molecule has 1 rings (SSSR count). The summed E-state index contributed by atoms with van der Waals surface area (Å²) in [5.41, 5.74) is 0.165. The highest BCUT2D eigenvalue weighted by molar-refractivity contribution is 5.86. The van der Waals surface area contributed by atoms with Crippen molar-refractivity contribution in [3.63, 3.8) is 0 Å². The Morgan fingerprint density at radius 3 is 2.54 bits per heavy atom. The maximum atomic E-state index is 12.7. The van der Waals surface area contributed by atoms with Crippen LogP contribution < -0.4 is 0 Å². The first-order valence-corrected chi connectivity index (χ1v) is 9.20. The second-order valence-electron chi connectivity index (χ2n) is 8.23. The van der Waals surface area contributed by atoms with Gasteiger partial charge in [-0.15, -0.1) is 0 Å². The van der Waals surface area contributed by atoms with E-state index in [1.165, 1.54) is 0 Å². The highest BCUT2D eigenvalue weighted by atomic mass is 16.5. The first-order chi connectivity index (χ1) is 11.2. The van der Waals surface area contributed by atoms with Crippen molar-refractivity contribution >= 4 is 5.78 Å². The van der Waals surface area contributed by atoms with Gasteiger partial charge in [0.2, 0.25) is 0 Å². The van der Waals surface area contributed by atoms with Gasteiger partial charge in [-0.05, 0) is 51.4 Å². The Labute approximate surface area is 148 Å². The van der Waals surface area contributed by atoms with Crippen LogP contribution in [0.2, 0.25) is 0 Å². The van der Waals surface area contributed by atoms with Gasteiger partial charge in [0.05, 0.1) is 12.2 Å². The lowest BCUT2D eigenvalue weighted by Crippen LogP contribution is -2.32. The van der Waals surface area contributed by atoms with Crippen LogP contribution in [0.3, 0.4) is 0 Å². The van der Waals surface area contributed by atoms with Crippen LogP contribution in [0.5, 0.6) is 0 Å². The van der Waals surface area contributed by atoms with Crippen molar-refractivity contribution in [2.24, 2.45) is 17.3 Å². The predicted molar refractivity (Wildman–Crippen MR) is 99.9 cm³/mol. The van der Waals surface area contributed by atoms with Crippen LogP contribution in [0, 0.1) is 17.3 Å². The zero-order chi connectivity index (χ0) is 18.4. The number of allylic oxidation sites excluding steroid dienone is 3. The number of hydrogen-bond donors (Lipinski definition) is 1. The molecule has 0 aliphatic heterocycles. The minimum atomic E-state index is -0.644. The Balaban J connectivity index is 3.13. The zero-order valence-corrected chi connectivity index (χ0v) is 16.4. The molecule has 3 atom stereocenters. The van der Waals surface area contributed by atoms with E-state index in [9.17, 15) is 9.90 Å². The summed E-state index contributed by atoms with van der Waals surface area (Å²) < 4.78 is 5.74. The van der Waals surface area contributed by atoms with Crippen LogP contribution in [-0.4, -0.2) is 30.2 Å². The van der Waals surface area contributed by atoms with E-state index in [2.05, 4.69) is 39.0 Å². The number of aliphatic hydroxyl groups excluding tert-OH is 1. The molecule has 1 aliphatic rings. The van der Waals surface area contributed by atoms with E-state index in [0.29, 0.717) is 24.7 Å². The zero-order valence-electron chi connectivity index (χ0n) is 16.4. The number of hydrogen-bond acceptors (Lipinski definition) is 3. The molecule has 1 N–H and O–H groups in total. The van der Waals surface area contributed by atoms with Crippen molar-refractivity contribution in [3.05, 3.63) is 23.8 Å². The van der Waals surface area contributed by atoms with Gasteiger partial charge in [0.1, 0.15) is 5.78 Å². The van der Waals surface area contributed by atoms with Gasteiger partial charge in [-0.3, -0.25) is 4.79 Å². The highest BCUT2D eigenvalue weighted by Gasteiger charge is 2.33. The maximum Gasteiger partial charge on any atom is 0.145 e. The minimum Gasteiger partial charge on any atom is -0.395 e. The monoisotopic (exact) mass is 336 g/mol. The molecule has 0 fully saturated rings. The predicted octanol–water partition coefficient (Wildman–Crippen LogP) is 4.70. The van der Waals surface area contributed by atoms with E-state index in [-0.39, 0.29) is 18.0 Å². The third-order valence-electron chi connectivity index (χ3n) is 5.64. The Morgan fingerprint density at radius 2 is 2.00 bits per heavy atom. The molecule has 0 aromatic carbocycles. The Hall–Kier alpha value is -0.930. The van der Waals surface area contributed by atoms with Crippen LogP contribution in [0.25, 0.3) is 0 Å². The number of methoxy groups -OCH3 is 1. The first-order valence-electron chi connectivity index (χ1n) is 9.20. The molecule has 0 radical (unpaired) electrons. The van der Waals surface area contributed by atoms with Crippen LogP contribution in [0.1, 0.15) is 66.7 Å². The molecule has 0 bridgehead atoms. The Morgan fingerprint density at radius 1 is 1.33 bits per heavy atom. The fourth-order valence-electron chi connectivity index (χ4n) is 3.17. The number of carbonyl (C=O) groups excluding carboxylic acids is 1. The average molecular weight is 337 g/mol. The normalized spacial score (nSPS) is 33.6. The summed E-state index contributed by atoms with van der Waals surface area (Å²) in [6.07, 6.45) is 10.4. The van der Waals surface area contributed by atoms with E-state index >= 15 is 0 Å². The molecule has 3 unspecified atom stereocenters. The second kappa shape index (κ2) is 8.96. The van der Waals surface area contributed by atoms with Crippen LogP contribution >= 0.6 is 0 Å². The third kappa shape index (κ3) is 5.86. The van der Waals surface area contributed by atoms with E-state index in [4.69, 9.17) is 4.74 Å². The van der Waals surface area contributed by atoms with Gasteiger partial charge >= 0.3 is 0 Å². The van der Waals surface area contributed by atoms with Crippen molar-refractivity contribution in [2.75, 3.05) is 13.7 Å². The molecule has 0 spiro atoms. The Kier molecular flexibility index (Phi) is 7.88. The molecule has 0 heterocycles. The quantitative estimate of drug-likeness (QED) is 0.760. The maximum absolute atomic E-state index is 12.7. The molecule has 0 aromatic heterocycles. The molecule has 3 heteroatoms. The summed E-state index contributed by atoms with van der Waals surface area (Å²) in [5, 5.41) is 9.84. The van der Waals surface area contributed by atoms with Gasteiger partial charge < -0.3 is 9.84 Å². The average Bonchev–Trinajstić information content (AvgIpc) is 2.53. The third-order valence-corrected chi connectivity index (χ3v) is 5.64. The van der Waals surface area contributed by atoms with Crippen LogP contribution in [0.15, 0.2) is 23.8 Å². The van der Waals surface area contributed by atoms with Gasteiger partial charge in [-0.25, -0.2) is 0 Å². The highest BCUT2D eigenvalue weighted by Crippen LogP contribution is 2.33. The lowest BCUT2D eigenvalue weighted by molar-refractivity contribution is -0.130. The summed E-state index contributed by atoms with van der Waals surface area (Å²) in [6.45, 7) is 10.4. The molecule has 1 aliphatic carbocycles. The molecule has 138 valence electrons. The molecular formula is C21H36O3. The van der Waals surface area contributed by atoms with Crippen molar-refractivity contribution in [1.29, 1.82) is 0 Å². The minimum absolute atomic E-state index is 0.0799. The molecule has 3 nitrogen and oxygen atoms in total. The summed E-state index contributed by atoms with van der Waals surface area (Å²) in [6, 6.07) is 0. The SMILES string of the molecule is COC1(C)C=CC(C(C)C)CCC(C)(CO)C(=O)CC(C)=CCC1. The van der Waals surface area contributed by atoms with Crippen molar-refractivity contribution in [2.45, 2.75) is 72.3 Å². The lowest BCUT2D eigenvalue weighted by Gasteiger charge is -2.29. The van der Waals surface area contributed by atoms with Crippen molar-refractivity contribution < 1.29 is 14.6 Å². The molecule has 0 saturated carbocycles. The summed E-state index contributed by atoms with van der Waals surface area (Å²) >= 11 is 0. The fourth-order valence-corrected chi connectivity index (χ4v) is 3.17. The van der Waals surface area contributed by atoms with Gasteiger partial charge in [0.15, 0.2) is 0 Å². The summed E-state index contributed by atoms with van der Waals surface area (Å²) in [5.74, 6) is 1.03. The number of aliphatic hydroxyl groups is 1. The van der Waals surface area contributed by atoms with Gasteiger partial charge in [-0.2, -0.15) is 0 Å². The summed E-state index contributed by atoms with van der Waals surface area (Å²) in [4.78, 5) is 12.7. The standard InChI is InChI=1S/C21H36O3/c1-16(2)18-9-12-20(4,15-22)19(23)14-17(3)8-7-11-21(5,24-6)13-10-18/h8,10,13,16,18,22H,7,9,11-12,14-15H2,1-6H3. The van der Waals surface area contributed by atoms with E-state index < -0.39 is 5.41 Å². The molecule has 24 heavy (non-hydrogen) atoms. The first kappa shape index (κ1) is 21.1. The number of rotatable bonds is 3. The topological polar surface area (TPSA) is 46.5 Å². The van der Waals surface area contributed by atoms with Gasteiger partial charge in [-0.1, -0.05) is 44.6 Å². The van der Waals surface area contributed by atoms with Crippen molar-refractivity contribution in [1.82, 2.24) is 0 Å². The molecule has 0 saturated heterocycles. The van der Waals surface area contributed by atoms with Crippen LogP contribution in [0.4, 0.5) is 0 Å². The van der Waals surface area contributed by atoms with Gasteiger partial charge in [0.25, 0.3) is 0 Å². The van der Waals surface area contributed by atoms with Crippen molar-refractivity contribution in [3.8, 4) is 0 Å². The summed E-state index contributed by atoms with van der Waals surface area (Å²) in [7, 11) is 1.76.